The Hall–Kier alpha value is -2.51. The molecule has 0 saturated carbocycles. The predicted octanol–water partition coefficient (Wildman–Crippen LogP) is 3.30. The average Bonchev–Trinajstić information content (AvgIpc) is 2.47. The van der Waals surface area contributed by atoms with Gasteiger partial charge in [-0.3, -0.25) is 10.2 Å². The lowest BCUT2D eigenvalue weighted by atomic mass is 10.2. The number of phenolic OH excluding ortho intramolecular Hbond substituents is 1. The van der Waals surface area contributed by atoms with Gasteiger partial charge in [0, 0.05) is 21.7 Å². The summed E-state index contributed by atoms with van der Waals surface area (Å²) in [6.45, 7) is 0. The van der Waals surface area contributed by atoms with Gasteiger partial charge in [0.25, 0.3) is 5.91 Å². The van der Waals surface area contributed by atoms with E-state index in [1.807, 2.05) is 5.43 Å². The van der Waals surface area contributed by atoms with Crippen molar-refractivity contribution in [1.82, 2.24) is 10.9 Å². The fourth-order valence-electron chi connectivity index (χ4n) is 1.63. The van der Waals surface area contributed by atoms with E-state index in [-0.39, 0.29) is 27.0 Å². The van der Waals surface area contributed by atoms with Gasteiger partial charge in [0.1, 0.15) is 11.6 Å². The number of aromatic hydroxyl groups is 1. The van der Waals surface area contributed by atoms with Gasteiger partial charge < -0.3 is 10.4 Å². The van der Waals surface area contributed by atoms with Gasteiger partial charge in [0.05, 0.1) is 5.69 Å². The molecule has 2 rings (SSSR count). The van der Waals surface area contributed by atoms with E-state index < -0.39 is 17.8 Å². The number of hydrogen-bond acceptors (Lipinski definition) is 3. The molecule has 0 fully saturated rings. The standard InChI is InChI=1S/C14H10Cl2FN3O3/c15-8-3-7(4-9(16)5-8)13(22)19-20-14(23)18-11-6-10(17)1-2-12(11)21/h1-6,21H,(H,19,22)(H2,18,20,23). The number of urea groups is 1. The van der Waals surface area contributed by atoms with Gasteiger partial charge >= 0.3 is 6.03 Å². The molecular weight excluding hydrogens is 348 g/mol. The summed E-state index contributed by atoms with van der Waals surface area (Å²) in [7, 11) is 0. The minimum atomic E-state index is -0.882. The fraction of sp³-hybridized carbons (Fsp3) is 0. The Morgan fingerprint density at radius 1 is 1.00 bits per heavy atom. The van der Waals surface area contributed by atoms with Crippen LogP contribution in [0, 0.1) is 5.82 Å². The number of phenols is 1. The highest BCUT2D eigenvalue weighted by Crippen LogP contribution is 2.23. The molecule has 120 valence electrons. The van der Waals surface area contributed by atoms with Crippen LogP contribution in [-0.2, 0) is 0 Å². The monoisotopic (exact) mass is 357 g/mol. The van der Waals surface area contributed by atoms with Crippen LogP contribution in [0.25, 0.3) is 0 Å². The van der Waals surface area contributed by atoms with E-state index in [1.165, 1.54) is 18.2 Å². The second kappa shape index (κ2) is 7.17. The highest BCUT2D eigenvalue weighted by Gasteiger charge is 2.11. The second-order valence-electron chi connectivity index (χ2n) is 4.35. The predicted molar refractivity (Wildman–Crippen MR) is 84.1 cm³/mol. The molecule has 0 aliphatic carbocycles. The first-order chi connectivity index (χ1) is 10.8. The molecule has 0 atom stereocenters. The Labute approximate surface area is 140 Å². The van der Waals surface area contributed by atoms with Crippen LogP contribution in [0.4, 0.5) is 14.9 Å². The Morgan fingerprint density at radius 2 is 1.65 bits per heavy atom. The molecule has 0 aromatic heterocycles. The lowest BCUT2D eigenvalue weighted by Gasteiger charge is -2.10. The number of rotatable bonds is 2. The van der Waals surface area contributed by atoms with E-state index in [0.29, 0.717) is 0 Å². The zero-order chi connectivity index (χ0) is 17.0. The van der Waals surface area contributed by atoms with E-state index in [9.17, 15) is 19.1 Å². The first-order valence-electron chi connectivity index (χ1n) is 6.17. The normalized spacial score (nSPS) is 10.0. The maximum atomic E-state index is 13.0. The number of benzene rings is 2. The molecule has 6 nitrogen and oxygen atoms in total. The van der Waals surface area contributed by atoms with Crippen molar-refractivity contribution >= 4 is 40.8 Å². The van der Waals surface area contributed by atoms with E-state index in [4.69, 9.17) is 23.2 Å². The first-order valence-corrected chi connectivity index (χ1v) is 6.92. The largest absolute Gasteiger partial charge is 0.506 e. The maximum Gasteiger partial charge on any atom is 0.338 e. The van der Waals surface area contributed by atoms with Crippen LogP contribution in [0.15, 0.2) is 36.4 Å². The summed E-state index contributed by atoms with van der Waals surface area (Å²) in [6.07, 6.45) is 0. The smallest absolute Gasteiger partial charge is 0.338 e. The topological polar surface area (TPSA) is 90.5 Å². The summed E-state index contributed by atoms with van der Waals surface area (Å²) in [5, 5.41) is 12.2. The number of amides is 3. The van der Waals surface area contributed by atoms with Crippen molar-refractivity contribution in [3.8, 4) is 5.75 Å². The number of nitrogens with one attached hydrogen (secondary N) is 3. The Bertz CT molecular complexity index is 751. The fourth-order valence-corrected chi connectivity index (χ4v) is 2.16. The average molecular weight is 358 g/mol. The third-order valence-corrected chi connectivity index (χ3v) is 3.06. The quantitative estimate of drug-likeness (QED) is 0.490. The van der Waals surface area contributed by atoms with Crippen molar-refractivity contribution < 1.29 is 19.1 Å². The van der Waals surface area contributed by atoms with Gasteiger partial charge in [-0.1, -0.05) is 23.2 Å². The number of halogens is 3. The van der Waals surface area contributed by atoms with E-state index in [1.54, 1.807) is 0 Å². The Kier molecular flexibility index (Phi) is 5.25. The minimum Gasteiger partial charge on any atom is -0.506 e. The molecule has 0 radical (unpaired) electrons. The van der Waals surface area contributed by atoms with Crippen LogP contribution in [0.3, 0.4) is 0 Å². The molecule has 3 amide bonds. The molecule has 9 heteroatoms. The van der Waals surface area contributed by atoms with Gasteiger partial charge in [0.15, 0.2) is 0 Å². The third kappa shape index (κ3) is 4.73. The molecule has 0 heterocycles. The lowest BCUT2D eigenvalue weighted by Crippen LogP contribution is -2.43. The summed E-state index contributed by atoms with van der Waals surface area (Å²) in [4.78, 5) is 23.5. The summed E-state index contributed by atoms with van der Waals surface area (Å²) in [5.74, 6) is -1.63. The van der Waals surface area contributed by atoms with Gasteiger partial charge in [-0.25, -0.2) is 14.6 Å². The first kappa shape index (κ1) is 16.9. The highest BCUT2D eigenvalue weighted by molar-refractivity contribution is 6.35. The Balaban J connectivity index is 1.96. The summed E-state index contributed by atoms with van der Waals surface area (Å²) < 4.78 is 13.0. The van der Waals surface area contributed by atoms with Gasteiger partial charge in [-0.05, 0) is 30.3 Å². The van der Waals surface area contributed by atoms with Gasteiger partial charge in [0.2, 0.25) is 0 Å². The summed E-state index contributed by atoms with van der Waals surface area (Å²) >= 11 is 11.5. The molecule has 2 aromatic carbocycles. The number of hydrogen-bond donors (Lipinski definition) is 4. The van der Waals surface area contributed by atoms with Crippen LogP contribution in [-0.4, -0.2) is 17.0 Å². The van der Waals surface area contributed by atoms with Crippen LogP contribution in [0.2, 0.25) is 10.0 Å². The van der Waals surface area contributed by atoms with E-state index in [2.05, 4.69) is 10.7 Å². The number of carbonyl (C=O) groups is 2. The molecule has 0 spiro atoms. The molecule has 0 saturated heterocycles. The maximum absolute atomic E-state index is 13.0. The highest BCUT2D eigenvalue weighted by atomic mass is 35.5. The molecule has 4 N–H and O–H groups in total. The van der Waals surface area contributed by atoms with Gasteiger partial charge in [-0.15, -0.1) is 0 Å². The van der Waals surface area contributed by atoms with Crippen molar-refractivity contribution in [2.45, 2.75) is 0 Å². The van der Waals surface area contributed by atoms with Crippen LogP contribution in [0.1, 0.15) is 10.4 Å². The second-order valence-corrected chi connectivity index (χ2v) is 5.23. The number of hydrazine groups is 1. The van der Waals surface area contributed by atoms with E-state index >= 15 is 0 Å². The van der Waals surface area contributed by atoms with Crippen LogP contribution >= 0.6 is 23.2 Å². The van der Waals surface area contributed by atoms with Crippen molar-refractivity contribution in [2.24, 2.45) is 0 Å². The van der Waals surface area contributed by atoms with Crippen molar-refractivity contribution in [3.63, 3.8) is 0 Å². The molecule has 0 aliphatic rings. The number of anilines is 1. The summed E-state index contributed by atoms with van der Waals surface area (Å²) in [6, 6.07) is 6.33. The molecule has 0 aliphatic heterocycles. The third-order valence-electron chi connectivity index (χ3n) is 2.62. The molecular formula is C14H10Cl2FN3O3. The molecule has 0 unspecified atom stereocenters. The Morgan fingerprint density at radius 3 is 2.30 bits per heavy atom. The van der Waals surface area contributed by atoms with Crippen molar-refractivity contribution in [1.29, 1.82) is 0 Å². The van der Waals surface area contributed by atoms with Crippen molar-refractivity contribution in [2.75, 3.05) is 5.32 Å². The number of carbonyl (C=O) groups excluding carboxylic acids is 2. The van der Waals surface area contributed by atoms with Crippen LogP contribution in [0.5, 0.6) is 5.75 Å². The minimum absolute atomic E-state index is 0.136. The molecule has 2 aromatic rings. The zero-order valence-electron chi connectivity index (χ0n) is 11.4. The zero-order valence-corrected chi connectivity index (χ0v) is 12.9. The molecule has 23 heavy (non-hydrogen) atoms. The molecule has 0 bridgehead atoms. The van der Waals surface area contributed by atoms with Crippen LogP contribution < -0.4 is 16.2 Å². The summed E-state index contributed by atoms with van der Waals surface area (Å²) in [5.41, 5.74) is 4.14. The van der Waals surface area contributed by atoms with E-state index in [0.717, 1.165) is 18.2 Å². The lowest BCUT2D eigenvalue weighted by molar-refractivity contribution is 0.0938. The van der Waals surface area contributed by atoms with Crippen molar-refractivity contribution in [3.05, 3.63) is 57.8 Å². The SMILES string of the molecule is O=C(NNC(=O)c1cc(Cl)cc(Cl)c1)Nc1cc(F)ccc1O. The van der Waals surface area contributed by atoms with Gasteiger partial charge in [-0.2, -0.15) is 0 Å².